The number of hydrogen-bond donors (Lipinski definition) is 0. The Kier molecular flexibility index (Phi) is 9.84. The Balaban J connectivity index is 3.29. The zero-order valence-corrected chi connectivity index (χ0v) is 17.5. The van der Waals surface area contributed by atoms with Crippen molar-refractivity contribution in [3.8, 4) is 0 Å². The van der Waals surface area contributed by atoms with E-state index in [1.165, 1.54) is 25.2 Å². The van der Waals surface area contributed by atoms with Crippen LogP contribution in [0.1, 0.15) is 59.8 Å². The molecule has 1 rings (SSSR count). The van der Waals surface area contributed by atoms with Gasteiger partial charge in [-0.05, 0) is 58.4 Å². The predicted octanol–water partition coefficient (Wildman–Crippen LogP) is 5.31. The highest BCUT2D eigenvalue weighted by molar-refractivity contribution is 5.76. The summed E-state index contributed by atoms with van der Waals surface area (Å²) in [7, 11) is 1.42. The smallest absolute Gasteiger partial charge is 0.313 e. The van der Waals surface area contributed by atoms with E-state index in [0.717, 1.165) is 43.3 Å². The molecular formula is C23H34O4. The van der Waals surface area contributed by atoms with Crippen LogP contribution in [-0.4, -0.2) is 25.7 Å². The van der Waals surface area contributed by atoms with Crippen molar-refractivity contribution in [3.05, 3.63) is 47.1 Å². The molecule has 0 aromatic carbocycles. The summed E-state index contributed by atoms with van der Waals surface area (Å²) in [5.74, 6) is -1.09. The van der Waals surface area contributed by atoms with E-state index in [9.17, 15) is 9.59 Å². The van der Waals surface area contributed by atoms with Crippen LogP contribution in [0.25, 0.3) is 0 Å². The third kappa shape index (κ3) is 7.98. The molecule has 0 heterocycles. The van der Waals surface area contributed by atoms with Crippen LogP contribution >= 0.6 is 0 Å². The van der Waals surface area contributed by atoms with Gasteiger partial charge in [0.05, 0.1) is 13.0 Å². The van der Waals surface area contributed by atoms with Crippen molar-refractivity contribution < 1.29 is 19.1 Å². The maximum atomic E-state index is 12.6. The summed E-state index contributed by atoms with van der Waals surface area (Å²) in [5, 5.41) is 0. The lowest BCUT2D eigenvalue weighted by molar-refractivity contribution is -0.145. The average Bonchev–Trinajstić information content (AvgIpc) is 2.66. The molecule has 0 aliphatic heterocycles. The Hall–Kier alpha value is -2.10. The number of carbonyl (C=O) groups is 2. The normalized spacial score (nSPS) is 23.2. The van der Waals surface area contributed by atoms with Gasteiger partial charge in [-0.25, -0.2) is 0 Å². The molecule has 0 fully saturated rings. The van der Waals surface area contributed by atoms with Gasteiger partial charge in [-0.3, -0.25) is 9.59 Å². The third-order valence-electron chi connectivity index (χ3n) is 4.93. The summed E-state index contributed by atoms with van der Waals surface area (Å²) >= 11 is 0. The second-order valence-electron chi connectivity index (χ2n) is 7.47. The van der Waals surface area contributed by atoms with Gasteiger partial charge < -0.3 is 9.47 Å². The van der Waals surface area contributed by atoms with Crippen LogP contribution in [0, 0.1) is 11.8 Å². The van der Waals surface area contributed by atoms with E-state index < -0.39 is 5.92 Å². The molecule has 0 saturated heterocycles. The van der Waals surface area contributed by atoms with Crippen molar-refractivity contribution in [3.63, 3.8) is 0 Å². The summed E-state index contributed by atoms with van der Waals surface area (Å²) in [4.78, 5) is 24.0. The molecular weight excluding hydrogens is 340 g/mol. The predicted molar refractivity (Wildman–Crippen MR) is 109 cm³/mol. The molecule has 4 nitrogen and oxygen atoms in total. The highest BCUT2D eigenvalue weighted by Crippen LogP contribution is 2.36. The number of carbonyl (C=O) groups excluding carboxylic acids is 2. The van der Waals surface area contributed by atoms with Crippen LogP contribution in [0.15, 0.2) is 47.1 Å². The Labute approximate surface area is 164 Å². The number of rotatable bonds is 6. The fourth-order valence-electron chi connectivity index (χ4n) is 3.40. The van der Waals surface area contributed by atoms with Crippen molar-refractivity contribution in [2.24, 2.45) is 11.8 Å². The summed E-state index contributed by atoms with van der Waals surface area (Å²) < 4.78 is 10.4. The maximum absolute atomic E-state index is 12.6. The van der Waals surface area contributed by atoms with Gasteiger partial charge in [-0.1, -0.05) is 41.5 Å². The molecule has 2 atom stereocenters. The van der Waals surface area contributed by atoms with Crippen molar-refractivity contribution in [1.82, 2.24) is 0 Å². The highest BCUT2D eigenvalue weighted by atomic mass is 16.5. The zero-order valence-electron chi connectivity index (χ0n) is 17.5. The Morgan fingerprint density at radius 2 is 1.93 bits per heavy atom. The highest BCUT2D eigenvalue weighted by Gasteiger charge is 2.34. The molecule has 0 bridgehead atoms. The van der Waals surface area contributed by atoms with Gasteiger partial charge in [0.1, 0.15) is 6.61 Å². The van der Waals surface area contributed by atoms with Crippen molar-refractivity contribution in [2.45, 2.75) is 59.8 Å². The summed E-state index contributed by atoms with van der Waals surface area (Å²) in [5.41, 5.74) is 4.39. The molecule has 150 valence electrons. The summed E-state index contributed by atoms with van der Waals surface area (Å²) in [6.07, 6.45) is 10.5. The average molecular weight is 375 g/mol. The lowest BCUT2D eigenvalue weighted by Gasteiger charge is -2.29. The topological polar surface area (TPSA) is 52.6 Å². The van der Waals surface area contributed by atoms with Gasteiger partial charge in [0.15, 0.2) is 0 Å². The van der Waals surface area contributed by atoms with Crippen LogP contribution in [0.4, 0.5) is 0 Å². The number of esters is 2. The molecule has 0 spiro atoms. The Morgan fingerprint density at radius 3 is 2.52 bits per heavy atom. The monoisotopic (exact) mass is 374 g/mol. The van der Waals surface area contributed by atoms with Crippen LogP contribution in [-0.2, 0) is 19.1 Å². The van der Waals surface area contributed by atoms with Crippen LogP contribution < -0.4 is 0 Å². The fraction of sp³-hybridized carbons (Fsp3) is 0.565. The van der Waals surface area contributed by atoms with Gasteiger partial charge in [0.25, 0.3) is 0 Å². The van der Waals surface area contributed by atoms with Gasteiger partial charge in [0.2, 0.25) is 0 Å². The fourth-order valence-corrected chi connectivity index (χ4v) is 3.40. The Morgan fingerprint density at radius 1 is 1.22 bits per heavy atom. The quantitative estimate of drug-likeness (QED) is 0.467. The lowest BCUT2D eigenvalue weighted by atomic mass is 9.77. The molecule has 1 aliphatic rings. The number of allylic oxidation sites excluding steroid dienone is 5. The van der Waals surface area contributed by atoms with Crippen LogP contribution in [0.3, 0.4) is 0 Å². The first-order chi connectivity index (χ1) is 12.8. The van der Waals surface area contributed by atoms with Crippen molar-refractivity contribution in [1.29, 1.82) is 0 Å². The number of hydrogen-bond acceptors (Lipinski definition) is 4. The largest absolute Gasteiger partial charge is 0.469 e. The molecule has 0 aromatic heterocycles. The van der Waals surface area contributed by atoms with E-state index in [2.05, 4.69) is 31.7 Å². The molecule has 1 aliphatic carbocycles. The van der Waals surface area contributed by atoms with E-state index in [4.69, 9.17) is 9.47 Å². The van der Waals surface area contributed by atoms with Gasteiger partial charge >= 0.3 is 11.9 Å². The molecule has 0 N–H and O–H groups in total. The standard InChI is InChI=1S/C23H34O4/c1-16(2)9-7-12-20(15-27-19(5)24)21-14-13-17(3)10-8-11-18(4)22(21)23(25)26-6/h9-10,12,21-22H,4,7-8,11,13-15H2,1-3,5-6H3/b17-10+,20-12-/t21-,22+/m1/s1. The SMILES string of the molecule is C=C1CC/C=C(\C)CC[C@H](/C(=C\CC=C(C)C)COC(C)=O)[C@H]1C(=O)OC. The Bertz CT molecular complexity index is 633. The van der Waals surface area contributed by atoms with Gasteiger partial charge in [-0.2, -0.15) is 0 Å². The van der Waals surface area contributed by atoms with Gasteiger partial charge in [-0.15, -0.1) is 0 Å². The number of methoxy groups -OCH3 is 1. The molecule has 4 heteroatoms. The second kappa shape index (κ2) is 11.6. The third-order valence-corrected chi connectivity index (χ3v) is 4.93. The lowest BCUT2D eigenvalue weighted by Crippen LogP contribution is -2.30. The molecule has 27 heavy (non-hydrogen) atoms. The minimum Gasteiger partial charge on any atom is -0.469 e. The summed E-state index contributed by atoms with van der Waals surface area (Å²) in [6.45, 7) is 12.0. The van der Waals surface area contributed by atoms with Crippen LogP contribution in [0.2, 0.25) is 0 Å². The molecule has 0 aromatic rings. The first kappa shape index (κ1) is 22.9. The van der Waals surface area contributed by atoms with Crippen LogP contribution in [0.5, 0.6) is 0 Å². The van der Waals surface area contributed by atoms with E-state index in [1.807, 2.05) is 13.8 Å². The second-order valence-corrected chi connectivity index (χ2v) is 7.47. The van der Waals surface area contributed by atoms with E-state index in [0.29, 0.717) is 0 Å². The first-order valence-corrected chi connectivity index (χ1v) is 9.63. The molecule has 0 amide bonds. The van der Waals surface area contributed by atoms with E-state index in [-0.39, 0.29) is 24.5 Å². The molecule has 0 unspecified atom stereocenters. The first-order valence-electron chi connectivity index (χ1n) is 9.63. The molecule has 0 radical (unpaired) electrons. The maximum Gasteiger partial charge on any atom is 0.313 e. The zero-order chi connectivity index (χ0) is 20.4. The summed E-state index contributed by atoms with van der Waals surface area (Å²) in [6, 6.07) is 0. The minimum absolute atomic E-state index is 0.0867. The minimum atomic E-state index is -0.414. The van der Waals surface area contributed by atoms with E-state index in [1.54, 1.807) is 0 Å². The van der Waals surface area contributed by atoms with E-state index >= 15 is 0 Å². The molecule has 0 saturated carbocycles. The van der Waals surface area contributed by atoms with Gasteiger partial charge in [0, 0.05) is 12.8 Å². The number of ether oxygens (including phenoxy) is 2. The van der Waals surface area contributed by atoms with Crippen molar-refractivity contribution in [2.75, 3.05) is 13.7 Å². The van der Waals surface area contributed by atoms with Crippen molar-refractivity contribution >= 4 is 11.9 Å².